The Labute approximate surface area is 535 Å². The molecule has 14 N–H and O–H groups in total. The summed E-state index contributed by atoms with van der Waals surface area (Å²) in [5.41, 5.74) is 25.5. The summed E-state index contributed by atoms with van der Waals surface area (Å²) in [5, 5.41) is 42.4. The van der Waals surface area contributed by atoms with Crippen molar-refractivity contribution in [3.8, 4) is 28.3 Å². The van der Waals surface area contributed by atoms with E-state index in [0.717, 1.165) is 66.1 Å². The van der Waals surface area contributed by atoms with Gasteiger partial charge >= 0.3 is 0 Å². The average molecular weight is 1290 g/mol. The van der Waals surface area contributed by atoms with Crippen LogP contribution in [0.2, 0.25) is 0 Å². The number of hydrogen-bond donors (Lipinski definition) is 11. The van der Waals surface area contributed by atoms with Gasteiger partial charge in [-0.25, -0.2) is 17.6 Å². The van der Waals surface area contributed by atoms with Crippen LogP contribution in [-0.2, 0) is 56.1 Å². The topological polar surface area (TPSA) is 359 Å². The molecule has 2 aliphatic rings. The Hall–Kier alpha value is -11.2. The van der Waals surface area contributed by atoms with E-state index in [9.17, 15) is 36.7 Å². The maximum atomic E-state index is 13.3. The molecule has 94 heavy (non-hydrogen) atoms. The van der Waals surface area contributed by atoms with Crippen LogP contribution in [0.15, 0.2) is 164 Å². The second-order valence-electron chi connectivity index (χ2n) is 22.3. The van der Waals surface area contributed by atoms with E-state index in [2.05, 4.69) is 20.4 Å². The molecule has 5 aromatic carbocycles. The highest BCUT2D eigenvalue weighted by molar-refractivity contribution is 5.80. The number of aromatic nitrogens is 8. The lowest BCUT2D eigenvalue weighted by Gasteiger charge is -2.28. The maximum Gasteiger partial charge on any atom is 0.277 e. The number of hydrogen-bond acceptors (Lipinski definition) is 11. The number of nitrogens with two attached hydrogens (primary N) is 3. The smallest absolute Gasteiger partial charge is 0.277 e. The summed E-state index contributed by atoms with van der Waals surface area (Å²) >= 11 is 0. The number of methoxy groups -OCH3 is 1. The number of furan rings is 1. The fourth-order valence-corrected chi connectivity index (χ4v) is 10.6. The van der Waals surface area contributed by atoms with E-state index in [1.807, 2.05) is 29.2 Å². The minimum absolute atomic E-state index is 0.107. The summed E-state index contributed by atoms with van der Waals surface area (Å²) in [6, 6.07) is 34.1. The maximum absolute atomic E-state index is 13.3. The molecule has 1 saturated carbocycles. The van der Waals surface area contributed by atoms with Crippen LogP contribution < -0.4 is 44.2 Å². The molecule has 0 unspecified atom stereocenters. The molecule has 10 aromatic rings. The summed E-state index contributed by atoms with van der Waals surface area (Å²) in [7, 11) is 1.60. The molecule has 12 rings (SSSR count). The number of morpholine rings is 1. The molecular weight excluding hydrogens is 1220 g/mol. The van der Waals surface area contributed by atoms with Gasteiger partial charge in [-0.2, -0.15) is 18.7 Å². The van der Waals surface area contributed by atoms with Gasteiger partial charge in [-0.05, 0) is 172 Å². The van der Waals surface area contributed by atoms with Gasteiger partial charge in [0.05, 0.1) is 44.2 Å². The zero-order valence-electron chi connectivity index (χ0n) is 51.6. The van der Waals surface area contributed by atoms with E-state index in [1.54, 1.807) is 68.6 Å². The predicted octanol–water partition coefficient (Wildman–Crippen LogP) is 7.86. The van der Waals surface area contributed by atoms with Crippen molar-refractivity contribution >= 4 is 23.8 Å². The van der Waals surface area contributed by atoms with Gasteiger partial charge in [-0.15, -0.1) is 0 Å². The third kappa shape index (κ3) is 16.8. The van der Waals surface area contributed by atoms with Crippen molar-refractivity contribution < 1.29 is 31.5 Å². The molecule has 1 aliphatic carbocycles. The fourth-order valence-electron chi connectivity index (χ4n) is 10.6. The van der Waals surface area contributed by atoms with Gasteiger partial charge in [0.25, 0.3) is 22.2 Å². The largest absolute Gasteiger partial charge is 0.497 e. The van der Waals surface area contributed by atoms with E-state index in [-0.39, 0.29) is 69.3 Å². The Balaban J connectivity index is 0.000000150. The van der Waals surface area contributed by atoms with Crippen LogP contribution in [-0.4, -0.2) is 101 Å². The van der Waals surface area contributed by atoms with Gasteiger partial charge in [-0.3, -0.25) is 61.2 Å². The molecule has 0 atom stereocenters. The number of halogens is 4. The molecule has 0 bridgehead atoms. The molecule has 23 nitrogen and oxygen atoms in total. The van der Waals surface area contributed by atoms with Crippen LogP contribution in [0.25, 0.3) is 22.5 Å². The average Bonchev–Trinajstić information content (AvgIpc) is 1.67. The van der Waals surface area contributed by atoms with E-state index >= 15 is 0 Å². The van der Waals surface area contributed by atoms with Crippen molar-refractivity contribution in [2.75, 3.05) is 33.4 Å². The molecular formula is C67H72F4N16O7. The predicted molar refractivity (Wildman–Crippen MR) is 349 cm³/mol. The van der Waals surface area contributed by atoms with Crippen molar-refractivity contribution in [1.82, 2.24) is 44.0 Å². The van der Waals surface area contributed by atoms with Gasteiger partial charge in [0, 0.05) is 63.8 Å². The van der Waals surface area contributed by atoms with Crippen molar-refractivity contribution in [2.24, 2.45) is 17.2 Å². The standard InChI is InChI=1S/C23H25FN4O3.C16H15FN4O2.C15H17FN4O.C13H15FN4O/c1-30-19-9-5-17(6-10-19)21-20(11-4-16-2-7-18(24)8-3-16)22(29)28(26-21)23(25)27-12-14-31-15-13-27;17-12-4-1-10(2-5-12)3-6-13-14(11-7-8-23-9-11)20-21(15(13)22)16(18)19;16-11-6-1-9(2-7-11)3-8-12-13(10-4-5-10)19-20(14(12)21)15(17)18;1-8-11(12(19)18(17-8)13(15)16)7-4-9-2-5-10(14)6-3-9/h2-3,5-10,25-26H,4,11-15H2,1H3;1-2,4-5,7-9,20H,3,6H2,(H3,18,19);1-2,6-7,10,19H,3-5,8H2,(H3,17,18);2-3,5-6,17H,4,7H2,1H3,(H3,15,16). The first-order chi connectivity index (χ1) is 45.2. The summed E-state index contributed by atoms with van der Waals surface area (Å²) in [5.74, 6) is -0.932. The second-order valence-corrected chi connectivity index (χ2v) is 22.3. The number of aromatic amines is 4. The van der Waals surface area contributed by atoms with Gasteiger partial charge in [-0.1, -0.05) is 48.5 Å². The first-order valence-corrected chi connectivity index (χ1v) is 30.1. The number of rotatable bonds is 16. The first-order valence-electron chi connectivity index (χ1n) is 30.1. The van der Waals surface area contributed by atoms with Crippen molar-refractivity contribution in [2.45, 2.75) is 77.0 Å². The van der Waals surface area contributed by atoms with Crippen molar-refractivity contribution in [3.63, 3.8) is 0 Å². The SMILES string of the molecule is COc1ccc(-c2[nH]n(C(=N)N3CCOCC3)c(=O)c2CCc2ccc(F)cc2)cc1.Cc1[nH]n(C(=N)N)c(=O)c1CCc1ccc(F)cc1.N=C(N)n1[nH]c(-c2ccoc2)c(CCc2ccc(F)cc2)c1=O.N=C(N)n1[nH]c(C2CC2)c(CCc2ccc(F)cc2)c1=O. The van der Waals surface area contributed by atoms with Crippen molar-refractivity contribution in [3.05, 3.63) is 260 Å². The summed E-state index contributed by atoms with van der Waals surface area (Å²) in [4.78, 5) is 51.8. The Kier molecular flexibility index (Phi) is 22.0. The van der Waals surface area contributed by atoms with Gasteiger partial charge < -0.3 is 36.0 Å². The number of ether oxygens (including phenoxy) is 2. The summed E-state index contributed by atoms with van der Waals surface area (Å²) < 4.78 is 71.9. The molecule has 1 saturated heterocycles. The Bertz CT molecular complexity index is 4490. The fraction of sp³-hybridized carbons (Fsp3) is 0.254. The highest BCUT2D eigenvalue weighted by atomic mass is 19.1. The lowest BCUT2D eigenvalue weighted by Crippen LogP contribution is -2.46. The van der Waals surface area contributed by atoms with E-state index in [0.29, 0.717) is 128 Å². The van der Waals surface area contributed by atoms with Crippen LogP contribution in [0.5, 0.6) is 5.75 Å². The van der Waals surface area contributed by atoms with Crippen LogP contribution in [0.3, 0.4) is 0 Å². The monoisotopic (exact) mass is 1290 g/mol. The van der Waals surface area contributed by atoms with E-state index in [4.69, 9.17) is 52.7 Å². The molecule has 0 radical (unpaired) electrons. The number of nitrogens with zero attached hydrogens (tertiary/aromatic N) is 5. The third-order valence-electron chi connectivity index (χ3n) is 15.9. The Morgan fingerprint density at radius 1 is 0.489 bits per heavy atom. The van der Waals surface area contributed by atoms with E-state index in [1.165, 1.54) is 65.7 Å². The Morgan fingerprint density at radius 3 is 1.29 bits per heavy atom. The van der Waals surface area contributed by atoms with Crippen LogP contribution in [0.4, 0.5) is 17.6 Å². The minimum Gasteiger partial charge on any atom is -0.497 e. The van der Waals surface area contributed by atoms with Gasteiger partial charge in [0.1, 0.15) is 29.0 Å². The molecule has 490 valence electrons. The van der Waals surface area contributed by atoms with Crippen molar-refractivity contribution in [1.29, 1.82) is 21.6 Å². The number of aryl methyl sites for hydroxylation is 5. The van der Waals surface area contributed by atoms with Crippen LogP contribution in [0.1, 0.15) is 74.7 Å². The number of nitrogen functional groups attached to an aromatic ring is 3. The number of nitrogens with one attached hydrogen (secondary N) is 8. The zero-order chi connectivity index (χ0) is 67.2. The molecule has 6 heterocycles. The molecule has 0 amide bonds. The number of H-pyrrole nitrogens is 4. The third-order valence-corrected chi connectivity index (χ3v) is 15.9. The zero-order valence-corrected chi connectivity index (χ0v) is 51.6. The molecule has 27 heteroatoms. The number of benzene rings is 5. The molecule has 0 spiro atoms. The highest BCUT2D eigenvalue weighted by Gasteiger charge is 2.31. The minimum atomic E-state index is -0.382. The van der Waals surface area contributed by atoms with Gasteiger partial charge in [0.2, 0.25) is 23.8 Å². The second kappa shape index (κ2) is 30.7. The summed E-state index contributed by atoms with van der Waals surface area (Å²) in [6.45, 7) is 3.95. The Morgan fingerprint density at radius 2 is 0.872 bits per heavy atom. The first kappa shape index (κ1) is 67.2. The lowest BCUT2D eigenvalue weighted by atomic mass is 10.0. The van der Waals surface area contributed by atoms with Crippen LogP contribution >= 0.6 is 0 Å². The summed E-state index contributed by atoms with van der Waals surface area (Å²) in [6.07, 6.45) is 9.55. The molecule has 5 aromatic heterocycles. The lowest BCUT2D eigenvalue weighted by molar-refractivity contribution is 0.0659. The quantitative estimate of drug-likeness (QED) is 0.0251. The molecule has 1 aliphatic heterocycles. The molecule has 2 fully saturated rings. The normalized spacial score (nSPS) is 12.6. The highest BCUT2D eigenvalue weighted by Crippen LogP contribution is 2.40. The van der Waals surface area contributed by atoms with E-state index < -0.39 is 0 Å². The van der Waals surface area contributed by atoms with Gasteiger partial charge in [0.15, 0.2) is 0 Å². The van der Waals surface area contributed by atoms with Crippen LogP contribution in [0, 0.1) is 51.8 Å².